The molecular weight excluding hydrogens is 122 g/mol. The highest BCUT2D eigenvalue weighted by molar-refractivity contribution is 4.88. The van der Waals surface area contributed by atoms with Crippen LogP contribution >= 0.6 is 0 Å². The Bertz CT molecular complexity index is 105. The molecule has 0 unspecified atom stereocenters. The highest BCUT2D eigenvalue weighted by atomic mass is 14.8. The fraction of sp³-hybridized carbons (Fsp3) is 0.556. The van der Waals surface area contributed by atoms with Crippen molar-refractivity contribution in [3.05, 3.63) is 24.8 Å². The van der Waals surface area contributed by atoms with Crippen LogP contribution in [0.25, 0.3) is 0 Å². The minimum atomic E-state index is 1.04. The minimum Gasteiger partial charge on any atom is -0.316 e. The largest absolute Gasteiger partial charge is 0.316 e. The lowest BCUT2D eigenvalue weighted by atomic mass is 10.2. The average molecular weight is 139 g/mol. The van der Waals surface area contributed by atoms with E-state index in [1.54, 1.807) is 0 Å². The summed E-state index contributed by atoms with van der Waals surface area (Å²) >= 11 is 0. The van der Waals surface area contributed by atoms with Gasteiger partial charge in [-0.15, -0.1) is 13.2 Å². The molecule has 10 heavy (non-hydrogen) atoms. The molecule has 0 heterocycles. The van der Waals surface area contributed by atoms with Crippen molar-refractivity contribution < 1.29 is 0 Å². The molecule has 0 rings (SSSR count). The molecule has 0 aliphatic heterocycles. The summed E-state index contributed by atoms with van der Waals surface area (Å²) in [4.78, 5) is 0. The molecule has 0 saturated carbocycles. The molecule has 0 aromatic rings. The standard InChI is InChI=1S/C9H17N/c1-4-5-7-10-8-6-9(2)3/h4,10H,1-2,5-8H2,3H3. The van der Waals surface area contributed by atoms with E-state index in [0.29, 0.717) is 0 Å². The summed E-state index contributed by atoms with van der Waals surface area (Å²) < 4.78 is 0. The summed E-state index contributed by atoms with van der Waals surface area (Å²) in [6.45, 7) is 11.6. The van der Waals surface area contributed by atoms with Crippen molar-refractivity contribution in [2.75, 3.05) is 13.1 Å². The third-order valence-electron chi connectivity index (χ3n) is 1.25. The molecule has 58 valence electrons. The topological polar surface area (TPSA) is 12.0 Å². The average Bonchev–Trinajstić information content (AvgIpc) is 1.87. The maximum atomic E-state index is 3.81. The van der Waals surface area contributed by atoms with Crippen LogP contribution in [0.15, 0.2) is 24.8 Å². The first-order valence-electron chi connectivity index (χ1n) is 3.73. The molecule has 0 aromatic heterocycles. The third kappa shape index (κ3) is 7.44. The highest BCUT2D eigenvalue weighted by Gasteiger charge is 1.85. The lowest BCUT2D eigenvalue weighted by Gasteiger charge is -2.00. The van der Waals surface area contributed by atoms with Gasteiger partial charge < -0.3 is 5.32 Å². The zero-order valence-electron chi connectivity index (χ0n) is 6.82. The molecule has 1 nitrogen and oxygen atoms in total. The van der Waals surface area contributed by atoms with E-state index in [1.807, 2.05) is 6.08 Å². The van der Waals surface area contributed by atoms with Gasteiger partial charge in [0.2, 0.25) is 0 Å². The fourth-order valence-electron chi connectivity index (χ4n) is 0.631. The summed E-state index contributed by atoms with van der Waals surface area (Å²) in [6.07, 6.45) is 4.06. The van der Waals surface area contributed by atoms with Crippen molar-refractivity contribution in [3.63, 3.8) is 0 Å². The zero-order valence-corrected chi connectivity index (χ0v) is 6.82. The van der Waals surface area contributed by atoms with Crippen molar-refractivity contribution in [2.45, 2.75) is 19.8 Å². The second-order valence-electron chi connectivity index (χ2n) is 2.53. The van der Waals surface area contributed by atoms with Crippen LogP contribution in [0.4, 0.5) is 0 Å². The van der Waals surface area contributed by atoms with Crippen molar-refractivity contribution in [1.82, 2.24) is 5.32 Å². The van der Waals surface area contributed by atoms with E-state index in [4.69, 9.17) is 0 Å². The van der Waals surface area contributed by atoms with Crippen molar-refractivity contribution in [3.8, 4) is 0 Å². The Hall–Kier alpha value is -0.560. The molecule has 0 saturated heterocycles. The van der Waals surface area contributed by atoms with Gasteiger partial charge in [-0.05, 0) is 32.9 Å². The van der Waals surface area contributed by atoms with E-state index >= 15 is 0 Å². The van der Waals surface area contributed by atoms with Gasteiger partial charge in [-0.2, -0.15) is 0 Å². The summed E-state index contributed by atoms with van der Waals surface area (Å²) in [5.74, 6) is 0. The SMILES string of the molecule is C=CCCNCCC(=C)C. The monoisotopic (exact) mass is 139 g/mol. The van der Waals surface area contributed by atoms with Gasteiger partial charge in [0.05, 0.1) is 0 Å². The molecule has 0 amide bonds. The summed E-state index contributed by atoms with van der Waals surface area (Å²) in [5.41, 5.74) is 1.24. The minimum absolute atomic E-state index is 1.04. The maximum Gasteiger partial charge on any atom is -0.00117 e. The van der Waals surface area contributed by atoms with Crippen molar-refractivity contribution in [2.24, 2.45) is 0 Å². The fourth-order valence-corrected chi connectivity index (χ4v) is 0.631. The first-order valence-corrected chi connectivity index (χ1v) is 3.73. The molecule has 0 radical (unpaired) electrons. The first kappa shape index (κ1) is 9.44. The Labute approximate surface area is 63.8 Å². The Morgan fingerprint density at radius 2 is 2.20 bits per heavy atom. The molecule has 0 spiro atoms. The lowest BCUT2D eigenvalue weighted by Crippen LogP contribution is -2.15. The van der Waals surface area contributed by atoms with Crippen LogP contribution < -0.4 is 5.32 Å². The number of hydrogen-bond acceptors (Lipinski definition) is 1. The number of rotatable bonds is 6. The van der Waals surface area contributed by atoms with Gasteiger partial charge >= 0.3 is 0 Å². The molecule has 0 aromatic carbocycles. The quantitative estimate of drug-likeness (QED) is 0.439. The second-order valence-corrected chi connectivity index (χ2v) is 2.53. The predicted molar refractivity (Wildman–Crippen MR) is 47.1 cm³/mol. The predicted octanol–water partition coefficient (Wildman–Crippen LogP) is 2.12. The van der Waals surface area contributed by atoms with E-state index in [-0.39, 0.29) is 0 Å². The normalized spacial score (nSPS) is 9.30. The van der Waals surface area contributed by atoms with E-state index in [0.717, 1.165) is 25.9 Å². The van der Waals surface area contributed by atoms with E-state index in [1.165, 1.54) is 5.57 Å². The van der Waals surface area contributed by atoms with Gasteiger partial charge in [0.1, 0.15) is 0 Å². The lowest BCUT2D eigenvalue weighted by molar-refractivity contribution is 0.687. The smallest absolute Gasteiger partial charge is 0.00117 e. The van der Waals surface area contributed by atoms with Crippen LogP contribution in [0.1, 0.15) is 19.8 Å². The molecule has 0 fully saturated rings. The van der Waals surface area contributed by atoms with Gasteiger partial charge in [0.25, 0.3) is 0 Å². The Morgan fingerprint density at radius 1 is 1.50 bits per heavy atom. The summed E-state index contributed by atoms with van der Waals surface area (Å²) in [7, 11) is 0. The van der Waals surface area contributed by atoms with Gasteiger partial charge in [-0.1, -0.05) is 11.6 Å². The number of hydrogen-bond donors (Lipinski definition) is 1. The van der Waals surface area contributed by atoms with Gasteiger partial charge in [0, 0.05) is 0 Å². The van der Waals surface area contributed by atoms with Crippen LogP contribution in [0.3, 0.4) is 0 Å². The van der Waals surface area contributed by atoms with Crippen LogP contribution in [0, 0.1) is 0 Å². The second kappa shape index (κ2) is 6.56. The highest BCUT2D eigenvalue weighted by Crippen LogP contribution is 1.91. The zero-order chi connectivity index (χ0) is 7.82. The van der Waals surface area contributed by atoms with Crippen molar-refractivity contribution >= 4 is 0 Å². The Balaban J connectivity index is 2.90. The molecule has 0 aliphatic carbocycles. The third-order valence-corrected chi connectivity index (χ3v) is 1.25. The van der Waals surface area contributed by atoms with Crippen molar-refractivity contribution in [1.29, 1.82) is 0 Å². The molecule has 0 aliphatic rings. The molecule has 1 N–H and O–H groups in total. The van der Waals surface area contributed by atoms with Crippen LogP contribution in [-0.4, -0.2) is 13.1 Å². The van der Waals surface area contributed by atoms with Crippen LogP contribution in [0.5, 0.6) is 0 Å². The molecule has 0 atom stereocenters. The molecule has 0 bridgehead atoms. The van der Waals surface area contributed by atoms with E-state index in [2.05, 4.69) is 25.4 Å². The Kier molecular flexibility index (Phi) is 6.19. The molecular formula is C9H17N. The van der Waals surface area contributed by atoms with Gasteiger partial charge in [-0.3, -0.25) is 0 Å². The first-order chi connectivity index (χ1) is 4.77. The summed E-state index contributed by atoms with van der Waals surface area (Å²) in [6, 6.07) is 0. The van der Waals surface area contributed by atoms with Crippen LogP contribution in [-0.2, 0) is 0 Å². The Morgan fingerprint density at radius 3 is 2.70 bits per heavy atom. The van der Waals surface area contributed by atoms with Gasteiger partial charge in [0.15, 0.2) is 0 Å². The maximum absolute atomic E-state index is 3.81. The van der Waals surface area contributed by atoms with E-state index < -0.39 is 0 Å². The number of nitrogens with one attached hydrogen (secondary N) is 1. The summed E-state index contributed by atoms with van der Waals surface area (Å²) in [5, 5.41) is 3.29. The van der Waals surface area contributed by atoms with Crippen LogP contribution in [0.2, 0.25) is 0 Å². The van der Waals surface area contributed by atoms with Gasteiger partial charge in [-0.25, -0.2) is 0 Å². The molecule has 1 heteroatoms. The van der Waals surface area contributed by atoms with E-state index in [9.17, 15) is 0 Å².